The van der Waals surface area contributed by atoms with Gasteiger partial charge in [-0.25, -0.2) is 0 Å². The Morgan fingerprint density at radius 1 is 1.22 bits per heavy atom. The lowest BCUT2D eigenvalue weighted by atomic mass is 10.2. The summed E-state index contributed by atoms with van der Waals surface area (Å²) in [4.78, 5) is 8.05. The highest BCUT2D eigenvalue weighted by Crippen LogP contribution is 2.25. The number of aliphatic imine (C=N–C) groups is 1. The highest BCUT2D eigenvalue weighted by molar-refractivity contribution is 5.79. The van der Waals surface area contributed by atoms with E-state index in [4.69, 9.17) is 9.47 Å². The number of rotatable bonds is 9. The summed E-state index contributed by atoms with van der Waals surface area (Å²) in [6.45, 7) is -1.78. The third-order valence-corrected chi connectivity index (χ3v) is 3.45. The van der Waals surface area contributed by atoms with Gasteiger partial charge in [-0.05, 0) is 30.3 Å². The van der Waals surface area contributed by atoms with Gasteiger partial charge >= 0.3 is 6.61 Å². The number of alkyl halides is 2. The van der Waals surface area contributed by atoms with Crippen molar-refractivity contribution in [2.45, 2.75) is 13.2 Å². The number of methoxy groups -OCH3 is 1. The minimum Gasteiger partial charge on any atom is -0.497 e. The van der Waals surface area contributed by atoms with Crippen molar-refractivity contribution in [2.24, 2.45) is 4.99 Å². The van der Waals surface area contributed by atoms with E-state index in [9.17, 15) is 8.78 Å². The first-order valence-electron chi connectivity index (χ1n) is 8.21. The summed E-state index contributed by atoms with van der Waals surface area (Å²) in [5.74, 6) is 1.79. The summed E-state index contributed by atoms with van der Waals surface area (Å²) in [7, 11) is 3.11. The van der Waals surface area contributed by atoms with Gasteiger partial charge in [0, 0.05) is 25.4 Å². The molecule has 27 heavy (non-hydrogen) atoms. The van der Waals surface area contributed by atoms with Crippen molar-refractivity contribution in [2.75, 3.05) is 27.3 Å². The first-order valence-corrected chi connectivity index (χ1v) is 8.21. The molecule has 1 aromatic carbocycles. The van der Waals surface area contributed by atoms with Gasteiger partial charge in [-0.15, -0.1) is 0 Å². The van der Waals surface area contributed by atoms with Crippen LogP contribution in [-0.4, -0.2) is 44.9 Å². The molecule has 0 fully saturated rings. The van der Waals surface area contributed by atoms with Gasteiger partial charge < -0.3 is 24.8 Å². The first kappa shape index (κ1) is 20.2. The van der Waals surface area contributed by atoms with Gasteiger partial charge in [0.25, 0.3) is 0 Å². The molecule has 0 aliphatic rings. The molecule has 9 heteroatoms. The Morgan fingerprint density at radius 3 is 2.74 bits per heavy atom. The maximum atomic E-state index is 12.6. The lowest BCUT2D eigenvalue weighted by Crippen LogP contribution is -2.39. The highest BCUT2D eigenvalue weighted by Gasteiger charge is 2.11. The second kappa shape index (κ2) is 10.8. The fourth-order valence-corrected chi connectivity index (χ4v) is 2.20. The van der Waals surface area contributed by atoms with E-state index >= 15 is 0 Å². The fourth-order valence-electron chi connectivity index (χ4n) is 2.20. The molecule has 146 valence electrons. The third kappa shape index (κ3) is 6.96. The Hall–Kier alpha value is -3.10. The van der Waals surface area contributed by atoms with E-state index in [1.165, 1.54) is 13.2 Å². The summed E-state index contributed by atoms with van der Waals surface area (Å²) in [6, 6.07) is 8.23. The molecule has 2 N–H and O–H groups in total. The standard InChI is InChI=1S/C18H22F2N4O3/c1-21-18(23-8-9-26-15-4-3-7-22-12-15)24-11-13-10-14(25-2)5-6-16(13)27-17(19)20/h3-7,10,12,17H,8-9,11H2,1-2H3,(H2,21,23,24). The minimum atomic E-state index is -2.90. The Balaban J connectivity index is 1.85. The molecule has 0 saturated carbocycles. The van der Waals surface area contributed by atoms with Gasteiger partial charge in [-0.3, -0.25) is 9.98 Å². The van der Waals surface area contributed by atoms with E-state index < -0.39 is 6.61 Å². The minimum absolute atomic E-state index is 0.0775. The average Bonchev–Trinajstić information content (AvgIpc) is 2.68. The van der Waals surface area contributed by atoms with Crippen LogP contribution in [0, 0.1) is 0 Å². The second-order valence-corrected chi connectivity index (χ2v) is 5.24. The van der Waals surface area contributed by atoms with Crippen molar-refractivity contribution in [1.29, 1.82) is 0 Å². The predicted octanol–water partition coefficient (Wildman–Crippen LogP) is 2.44. The number of benzene rings is 1. The van der Waals surface area contributed by atoms with Crippen LogP contribution in [0.25, 0.3) is 0 Å². The fraction of sp³-hybridized carbons (Fsp3) is 0.333. The van der Waals surface area contributed by atoms with Gasteiger partial charge in [0.1, 0.15) is 23.9 Å². The van der Waals surface area contributed by atoms with E-state index in [1.807, 2.05) is 6.07 Å². The Labute approximate surface area is 156 Å². The van der Waals surface area contributed by atoms with Crippen molar-refractivity contribution >= 4 is 5.96 Å². The van der Waals surface area contributed by atoms with Crippen LogP contribution in [0.3, 0.4) is 0 Å². The molecule has 2 aromatic rings. The molecule has 0 aliphatic heterocycles. The van der Waals surface area contributed by atoms with E-state index in [0.717, 1.165) is 0 Å². The first-order chi connectivity index (χ1) is 13.1. The molecule has 0 radical (unpaired) electrons. The zero-order valence-corrected chi connectivity index (χ0v) is 15.1. The van der Waals surface area contributed by atoms with Crippen molar-refractivity contribution in [1.82, 2.24) is 15.6 Å². The van der Waals surface area contributed by atoms with Crippen LogP contribution >= 0.6 is 0 Å². The number of aromatic nitrogens is 1. The molecular formula is C18H22F2N4O3. The zero-order valence-electron chi connectivity index (χ0n) is 15.1. The summed E-state index contributed by atoms with van der Waals surface area (Å²) in [5.41, 5.74) is 0.518. The summed E-state index contributed by atoms with van der Waals surface area (Å²) in [5, 5.41) is 6.11. The number of hydrogen-bond acceptors (Lipinski definition) is 5. The Kier molecular flexibility index (Phi) is 8.08. The van der Waals surface area contributed by atoms with Crippen LogP contribution in [0.4, 0.5) is 8.78 Å². The molecule has 1 heterocycles. The lowest BCUT2D eigenvalue weighted by Gasteiger charge is -2.15. The summed E-state index contributed by atoms with van der Waals surface area (Å²) >= 11 is 0. The molecule has 0 saturated heterocycles. The van der Waals surface area contributed by atoms with Gasteiger partial charge in [0.05, 0.1) is 19.9 Å². The van der Waals surface area contributed by atoms with E-state index in [2.05, 4.69) is 25.3 Å². The van der Waals surface area contributed by atoms with Gasteiger partial charge in [-0.2, -0.15) is 8.78 Å². The Bertz CT molecular complexity index is 730. The number of nitrogens with zero attached hydrogens (tertiary/aromatic N) is 2. The molecule has 2 rings (SSSR count). The summed E-state index contributed by atoms with van der Waals surface area (Å²) < 4.78 is 40.3. The van der Waals surface area contributed by atoms with E-state index in [1.54, 1.807) is 37.6 Å². The van der Waals surface area contributed by atoms with Crippen LogP contribution in [0.1, 0.15) is 5.56 Å². The number of halogens is 2. The average molecular weight is 380 g/mol. The van der Waals surface area contributed by atoms with Gasteiger partial charge in [-0.1, -0.05) is 0 Å². The molecule has 0 atom stereocenters. The zero-order chi connectivity index (χ0) is 19.5. The molecule has 0 bridgehead atoms. The van der Waals surface area contributed by atoms with Crippen molar-refractivity contribution in [3.63, 3.8) is 0 Å². The largest absolute Gasteiger partial charge is 0.497 e. The van der Waals surface area contributed by atoms with Crippen LogP contribution in [0.15, 0.2) is 47.7 Å². The van der Waals surface area contributed by atoms with Crippen molar-refractivity contribution in [3.05, 3.63) is 48.3 Å². The predicted molar refractivity (Wildman–Crippen MR) is 97.6 cm³/mol. The molecule has 0 spiro atoms. The normalized spacial score (nSPS) is 11.2. The smallest absolute Gasteiger partial charge is 0.387 e. The van der Waals surface area contributed by atoms with E-state index in [0.29, 0.717) is 36.2 Å². The monoisotopic (exact) mass is 380 g/mol. The molecule has 0 aliphatic carbocycles. The molecule has 0 unspecified atom stereocenters. The van der Waals surface area contributed by atoms with Crippen molar-refractivity contribution < 1.29 is 23.0 Å². The van der Waals surface area contributed by atoms with Crippen LogP contribution in [0.2, 0.25) is 0 Å². The maximum absolute atomic E-state index is 12.6. The van der Waals surface area contributed by atoms with Gasteiger partial charge in [0.15, 0.2) is 5.96 Å². The number of hydrogen-bond donors (Lipinski definition) is 2. The van der Waals surface area contributed by atoms with Crippen molar-refractivity contribution in [3.8, 4) is 17.2 Å². The lowest BCUT2D eigenvalue weighted by molar-refractivity contribution is -0.0504. The molecule has 7 nitrogen and oxygen atoms in total. The number of ether oxygens (including phenoxy) is 3. The van der Waals surface area contributed by atoms with Crippen LogP contribution in [0.5, 0.6) is 17.2 Å². The highest BCUT2D eigenvalue weighted by atomic mass is 19.3. The van der Waals surface area contributed by atoms with Gasteiger partial charge in [0.2, 0.25) is 0 Å². The summed E-state index contributed by atoms with van der Waals surface area (Å²) in [6.07, 6.45) is 3.29. The Morgan fingerprint density at radius 2 is 2.07 bits per heavy atom. The SMILES string of the molecule is CN=C(NCCOc1cccnc1)NCc1cc(OC)ccc1OC(F)F. The number of guanidine groups is 1. The molecule has 0 amide bonds. The van der Waals surface area contributed by atoms with Crippen LogP contribution in [-0.2, 0) is 6.54 Å². The topological polar surface area (TPSA) is 77.0 Å². The third-order valence-electron chi connectivity index (χ3n) is 3.45. The molecular weight excluding hydrogens is 358 g/mol. The maximum Gasteiger partial charge on any atom is 0.387 e. The van der Waals surface area contributed by atoms with E-state index in [-0.39, 0.29) is 12.3 Å². The number of nitrogens with one attached hydrogen (secondary N) is 2. The second-order valence-electron chi connectivity index (χ2n) is 5.24. The quantitative estimate of drug-likeness (QED) is 0.395. The molecule has 1 aromatic heterocycles. The number of pyridine rings is 1. The van der Waals surface area contributed by atoms with Crippen LogP contribution < -0.4 is 24.8 Å².